The summed E-state index contributed by atoms with van der Waals surface area (Å²) in [7, 11) is 0. The molecule has 18 heavy (non-hydrogen) atoms. The van der Waals surface area contributed by atoms with Gasteiger partial charge in [-0.3, -0.25) is 0 Å². The Balaban J connectivity index is 1.85. The minimum Gasteiger partial charge on any atom is -0.360 e. The maximum absolute atomic E-state index is 4.50. The molecule has 0 aromatic carbocycles. The first-order valence-electron chi connectivity index (χ1n) is 5.94. The highest BCUT2D eigenvalue weighted by Crippen LogP contribution is 2.22. The van der Waals surface area contributed by atoms with Crippen molar-refractivity contribution in [2.75, 3.05) is 11.9 Å². The molecule has 2 rings (SSSR count). The van der Waals surface area contributed by atoms with E-state index in [0.717, 1.165) is 34.6 Å². The summed E-state index contributed by atoms with van der Waals surface area (Å²) in [6.07, 6.45) is 0.925. The highest BCUT2D eigenvalue weighted by atomic mass is 32.1. The van der Waals surface area contributed by atoms with E-state index >= 15 is 0 Å². The van der Waals surface area contributed by atoms with E-state index in [2.05, 4.69) is 45.8 Å². The van der Waals surface area contributed by atoms with Crippen molar-refractivity contribution in [3.63, 3.8) is 0 Å². The lowest BCUT2D eigenvalue weighted by Crippen LogP contribution is -2.13. The first kappa shape index (κ1) is 13.4. The van der Waals surface area contributed by atoms with Crippen LogP contribution < -0.4 is 5.32 Å². The molecule has 6 heteroatoms. The predicted octanol–water partition coefficient (Wildman–Crippen LogP) is 3.26. The summed E-state index contributed by atoms with van der Waals surface area (Å²) >= 11 is 3.12. The van der Waals surface area contributed by atoms with Crippen LogP contribution in [0.15, 0.2) is 5.38 Å². The summed E-state index contributed by atoms with van der Waals surface area (Å²) in [6, 6.07) is 0. The molecule has 0 bridgehead atoms. The molecule has 0 aliphatic heterocycles. The minimum atomic E-state index is 0.0163. The number of aromatic nitrogens is 3. The Hall–Kier alpha value is -1.01. The van der Waals surface area contributed by atoms with Crippen molar-refractivity contribution in [1.29, 1.82) is 0 Å². The van der Waals surface area contributed by atoms with Gasteiger partial charge < -0.3 is 5.32 Å². The number of hydrogen-bond acceptors (Lipinski definition) is 6. The zero-order valence-corrected chi connectivity index (χ0v) is 12.8. The first-order chi connectivity index (χ1) is 8.45. The number of nitrogens with one attached hydrogen (secondary N) is 1. The van der Waals surface area contributed by atoms with Crippen LogP contribution in [0.1, 0.15) is 37.3 Å². The Kier molecular flexibility index (Phi) is 3.97. The fourth-order valence-corrected chi connectivity index (χ4v) is 2.85. The highest BCUT2D eigenvalue weighted by molar-refractivity contribution is 7.09. The molecule has 0 amide bonds. The molecular weight excluding hydrogens is 264 g/mol. The van der Waals surface area contributed by atoms with Gasteiger partial charge in [0, 0.05) is 35.3 Å². The van der Waals surface area contributed by atoms with Crippen molar-refractivity contribution < 1.29 is 0 Å². The van der Waals surface area contributed by atoms with E-state index in [0.29, 0.717) is 0 Å². The van der Waals surface area contributed by atoms with E-state index in [1.807, 2.05) is 6.92 Å². The van der Waals surface area contributed by atoms with Gasteiger partial charge in [0.25, 0.3) is 0 Å². The van der Waals surface area contributed by atoms with Crippen LogP contribution in [0.2, 0.25) is 0 Å². The third-order valence-electron chi connectivity index (χ3n) is 2.42. The standard InChI is InChI=1S/C12H18N4S2/c1-8-14-9(7-17-8)5-6-13-11-15-10(16-18-11)12(2,3)4/h7H,5-6H2,1-4H3,(H,13,15,16). The lowest BCUT2D eigenvalue weighted by molar-refractivity contribution is 0.555. The van der Waals surface area contributed by atoms with Gasteiger partial charge in [-0.25, -0.2) is 9.97 Å². The molecule has 4 nitrogen and oxygen atoms in total. The molecule has 0 atom stereocenters. The summed E-state index contributed by atoms with van der Waals surface area (Å²) < 4.78 is 4.37. The molecule has 0 fully saturated rings. The maximum Gasteiger partial charge on any atom is 0.202 e. The number of rotatable bonds is 4. The van der Waals surface area contributed by atoms with Gasteiger partial charge in [-0.1, -0.05) is 20.8 Å². The van der Waals surface area contributed by atoms with Crippen LogP contribution in [-0.4, -0.2) is 20.9 Å². The molecule has 0 aliphatic carbocycles. The Morgan fingerprint density at radius 1 is 1.28 bits per heavy atom. The van der Waals surface area contributed by atoms with Crippen molar-refractivity contribution in [2.24, 2.45) is 0 Å². The van der Waals surface area contributed by atoms with E-state index in [1.54, 1.807) is 11.3 Å². The first-order valence-corrected chi connectivity index (χ1v) is 7.59. The smallest absolute Gasteiger partial charge is 0.202 e. The second kappa shape index (κ2) is 5.32. The zero-order chi connectivity index (χ0) is 13.2. The fraction of sp³-hybridized carbons (Fsp3) is 0.583. The third kappa shape index (κ3) is 3.49. The third-order valence-corrected chi connectivity index (χ3v) is 3.92. The molecule has 1 N–H and O–H groups in total. The molecule has 0 aliphatic rings. The zero-order valence-electron chi connectivity index (χ0n) is 11.1. The monoisotopic (exact) mass is 282 g/mol. The average molecular weight is 282 g/mol. The fourth-order valence-electron chi connectivity index (χ4n) is 1.42. The van der Waals surface area contributed by atoms with E-state index in [9.17, 15) is 0 Å². The van der Waals surface area contributed by atoms with Crippen LogP contribution in [0.4, 0.5) is 5.13 Å². The SMILES string of the molecule is Cc1nc(CCNc2nc(C(C)(C)C)ns2)cs1. The van der Waals surface area contributed by atoms with Crippen molar-refractivity contribution in [3.05, 3.63) is 21.9 Å². The Bertz CT molecular complexity index is 510. The van der Waals surface area contributed by atoms with Crippen molar-refractivity contribution in [3.8, 4) is 0 Å². The summed E-state index contributed by atoms with van der Waals surface area (Å²) in [5.41, 5.74) is 1.16. The summed E-state index contributed by atoms with van der Waals surface area (Å²) in [4.78, 5) is 8.93. The molecule has 2 aromatic rings. The topological polar surface area (TPSA) is 50.7 Å². The van der Waals surface area contributed by atoms with E-state index in [1.165, 1.54) is 11.5 Å². The van der Waals surface area contributed by atoms with Crippen molar-refractivity contribution >= 4 is 28.0 Å². The predicted molar refractivity (Wildman–Crippen MR) is 77.7 cm³/mol. The highest BCUT2D eigenvalue weighted by Gasteiger charge is 2.19. The van der Waals surface area contributed by atoms with Gasteiger partial charge in [-0.2, -0.15) is 4.37 Å². The molecule has 0 saturated carbocycles. The van der Waals surface area contributed by atoms with Gasteiger partial charge in [0.2, 0.25) is 5.13 Å². The largest absolute Gasteiger partial charge is 0.360 e. The second-order valence-corrected chi connectivity index (χ2v) is 7.02. The van der Waals surface area contributed by atoms with Crippen LogP contribution >= 0.6 is 22.9 Å². The van der Waals surface area contributed by atoms with Crippen LogP contribution in [-0.2, 0) is 11.8 Å². The summed E-state index contributed by atoms with van der Waals surface area (Å²) in [5, 5.41) is 7.43. The van der Waals surface area contributed by atoms with Crippen molar-refractivity contribution in [2.45, 2.75) is 39.5 Å². The number of hydrogen-bond donors (Lipinski definition) is 1. The van der Waals surface area contributed by atoms with E-state index in [4.69, 9.17) is 0 Å². The van der Waals surface area contributed by atoms with Crippen LogP contribution in [0.3, 0.4) is 0 Å². The molecule has 2 heterocycles. The van der Waals surface area contributed by atoms with Crippen molar-refractivity contribution in [1.82, 2.24) is 14.3 Å². The lowest BCUT2D eigenvalue weighted by atomic mass is 9.96. The molecule has 0 radical (unpaired) electrons. The molecule has 2 aromatic heterocycles. The van der Waals surface area contributed by atoms with E-state index in [-0.39, 0.29) is 5.41 Å². The van der Waals surface area contributed by atoms with Gasteiger partial charge in [-0.05, 0) is 6.92 Å². The number of aryl methyl sites for hydroxylation is 1. The van der Waals surface area contributed by atoms with Gasteiger partial charge in [-0.15, -0.1) is 11.3 Å². The minimum absolute atomic E-state index is 0.0163. The van der Waals surface area contributed by atoms with Gasteiger partial charge in [0.15, 0.2) is 0 Å². The molecular formula is C12H18N4S2. The molecule has 0 spiro atoms. The normalized spacial score (nSPS) is 11.8. The number of anilines is 1. The Labute approximate surface area is 116 Å². The van der Waals surface area contributed by atoms with Gasteiger partial charge >= 0.3 is 0 Å². The number of thiazole rings is 1. The Morgan fingerprint density at radius 3 is 2.61 bits per heavy atom. The lowest BCUT2D eigenvalue weighted by Gasteiger charge is -2.12. The summed E-state index contributed by atoms with van der Waals surface area (Å²) in [5.74, 6) is 0.902. The summed E-state index contributed by atoms with van der Waals surface area (Å²) in [6.45, 7) is 9.24. The van der Waals surface area contributed by atoms with Crippen LogP contribution in [0, 0.1) is 6.92 Å². The maximum atomic E-state index is 4.50. The van der Waals surface area contributed by atoms with Gasteiger partial charge in [0.1, 0.15) is 5.82 Å². The van der Waals surface area contributed by atoms with E-state index < -0.39 is 0 Å². The molecule has 0 unspecified atom stereocenters. The molecule has 0 saturated heterocycles. The quantitative estimate of drug-likeness (QED) is 0.935. The van der Waals surface area contributed by atoms with Crippen LogP contribution in [0.5, 0.6) is 0 Å². The average Bonchev–Trinajstić information content (AvgIpc) is 2.87. The van der Waals surface area contributed by atoms with Gasteiger partial charge in [0.05, 0.1) is 10.7 Å². The molecule has 98 valence electrons. The second-order valence-electron chi connectivity index (χ2n) is 5.21. The van der Waals surface area contributed by atoms with Crippen LogP contribution in [0.25, 0.3) is 0 Å². The number of nitrogens with zero attached hydrogens (tertiary/aromatic N) is 3. The Morgan fingerprint density at radius 2 is 2.06 bits per heavy atom.